The molecule has 1 unspecified atom stereocenters. The second kappa shape index (κ2) is 8.30. The molecule has 1 aromatic carbocycles. The molecule has 1 nitrogen and oxygen atoms in total. The van der Waals surface area contributed by atoms with E-state index < -0.39 is 0 Å². The van der Waals surface area contributed by atoms with Crippen LogP contribution in [0.3, 0.4) is 0 Å². The molecule has 0 aromatic heterocycles. The molecule has 1 aromatic rings. The van der Waals surface area contributed by atoms with Crippen molar-refractivity contribution in [2.75, 3.05) is 7.11 Å². The Labute approximate surface area is 107 Å². The van der Waals surface area contributed by atoms with Gasteiger partial charge in [0.1, 0.15) is 0 Å². The minimum atomic E-state index is 0.640. The van der Waals surface area contributed by atoms with Crippen LogP contribution in [0.25, 0.3) is 0 Å². The highest BCUT2D eigenvalue weighted by Crippen LogP contribution is 2.19. The molecule has 0 spiro atoms. The number of rotatable bonds is 4. The van der Waals surface area contributed by atoms with Gasteiger partial charge in [0.05, 0.1) is 0 Å². The summed E-state index contributed by atoms with van der Waals surface area (Å²) in [6.07, 6.45) is 1.20. The maximum absolute atomic E-state index is 7.00. The van der Waals surface area contributed by atoms with Gasteiger partial charge in [0.15, 0.2) is 0 Å². The number of benzene rings is 1. The van der Waals surface area contributed by atoms with Crippen LogP contribution in [0.5, 0.6) is 0 Å². The van der Waals surface area contributed by atoms with E-state index in [1.54, 1.807) is 0 Å². The Morgan fingerprint density at radius 2 is 1.35 bits per heavy atom. The zero-order chi connectivity index (χ0) is 13.4. The van der Waals surface area contributed by atoms with Crippen molar-refractivity contribution in [2.24, 2.45) is 11.8 Å². The Balaban J connectivity index is 0.00000121. The standard InChI is InChI=1S/C15H24.CH4O/c1-11(2)13(5)10-14-6-8-15(9-7-14)12(3)4;1-2/h6-9,11-13H,10H2,1-5H3;2H,1H3. The number of hydrogen-bond donors (Lipinski definition) is 1. The minimum Gasteiger partial charge on any atom is -0.400 e. The molecule has 17 heavy (non-hydrogen) atoms. The van der Waals surface area contributed by atoms with E-state index in [9.17, 15) is 0 Å². The molecule has 0 aliphatic rings. The Hall–Kier alpha value is -0.820. The van der Waals surface area contributed by atoms with E-state index in [-0.39, 0.29) is 0 Å². The number of hydrogen-bond acceptors (Lipinski definition) is 1. The Morgan fingerprint density at radius 3 is 1.71 bits per heavy atom. The van der Waals surface area contributed by atoms with Crippen molar-refractivity contribution in [3.8, 4) is 0 Å². The van der Waals surface area contributed by atoms with E-state index in [1.807, 2.05) is 0 Å². The summed E-state index contributed by atoms with van der Waals surface area (Å²) in [6.45, 7) is 11.4. The first-order valence-corrected chi connectivity index (χ1v) is 6.54. The van der Waals surface area contributed by atoms with Crippen molar-refractivity contribution in [1.29, 1.82) is 0 Å². The van der Waals surface area contributed by atoms with Crippen molar-refractivity contribution in [1.82, 2.24) is 0 Å². The van der Waals surface area contributed by atoms with Gasteiger partial charge in [-0.25, -0.2) is 0 Å². The maximum Gasteiger partial charge on any atom is 0.0319 e. The molecule has 0 heterocycles. The van der Waals surface area contributed by atoms with E-state index in [1.165, 1.54) is 17.5 Å². The van der Waals surface area contributed by atoms with Crippen molar-refractivity contribution in [2.45, 2.75) is 47.0 Å². The van der Waals surface area contributed by atoms with Crippen LogP contribution < -0.4 is 0 Å². The fourth-order valence-electron chi connectivity index (χ4n) is 1.65. The first kappa shape index (κ1) is 16.2. The summed E-state index contributed by atoms with van der Waals surface area (Å²) in [7, 11) is 1.00. The first-order valence-electron chi connectivity index (χ1n) is 6.54. The second-order valence-electron chi connectivity index (χ2n) is 5.32. The third-order valence-electron chi connectivity index (χ3n) is 3.34. The average Bonchev–Trinajstić information content (AvgIpc) is 2.32. The van der Waals surface area contributed by atoms with Crippen LogP contribution in [0.15, 0.2) is 24.3 Å². The fraction of sp³-hybridized carbons (Fsp3) is 0.625. The summed E-state index contributed by atoms with van der Waals surface area (Å²) < 4.78 is 0. The van der Waals surface area contributed by atoms with E-state index >= 15 is 0 Å². The molecule has 1 N–H and O–H groups in total. The zero-order valence-corrected chi connectivity index (χ0v) is 12.2. The molecular weight excluding hydrogens is 208 g/mol. The SMILES string of the molecule is CC(C)c1ccc(CC(C)C(C)C)cc1.CO. The monoisotopic (exact) mass is 236 g/mol. The fourth-order valence-corrected chi connectivity index (χ4v) is 1.65. The summed E-state index contributed by atoms with van der Waals surface area (Å²) in [5.41, 5.74) is 2.91. The molecule has 0 aliphatic heterocycles. The maximum atomic E-state index is 7.00. The van der Waals surface area contributed by atoms with Crippen molar-refractivity contribution in [3.05, 3.63) is 35.4 Å². The Bertz CT molecular complexity index is 285. The van der Waals surface area contributed by atoms with Crippen LogP contribution >= 0.6 is 0 Å². The van der Waals surface area contributed by atoms with Crippen LogP contribution in [-0.4, -0.2) is 12.2 Å². The summed E-state index contributed by atoms with van der Waals surface area (Å²) in [4.78, 5) is 0. The lowest BCUT2D eigenvalue weighted by Gasteiger charge is -2.15. The van der Waals surface area contributed by atoms with Gasteiger partial charge in [-0.05, 0) is 35.3 Å². The highest BCUT2D eigenvalue weighted by molar-refractivity contribution is 5.24. The zero-order valence-electron chi connectivity index (χ0n) is 12.2. The molecule has 1 rings (SSSR count). The van der Waals surface area contributed by atoms with Crippen LogP contribution in [0.1, 0.15) is 51.7 Å². The highest BCUT2D eigenvalue weighted by atomic mass is 16.2. The predicted molar refractivity (Wildman–Crippen MR) is 76.4 cm³/mol. The van der Waals surface area contributed by atoms with Crippen LogP contribution in [0.4, 0.5) is 0 Å². The van der Waals surface area contributed by atoms with Crippen LogP contribution in [0.2, 0.25) is 0 Å². The van der Waals surface area contributed by atoms with E-state index in [4.69, 9.17) is 5.11 Å². The third-order valence-corrected chi connectivity index (χ3v) is 3.34. The Kier molecular flexibility index (Phi) is 7.90. The van der Waals surface area contributed by atoms with Gasteiger partial charge in [-0.15, -0.1) is 0 Å². The summed E-state index contributed by atoms with van der Waals surface area (Å²) in [5, 5.41) is 7.00. The van der Waals surface area contributed by atoms with Gasteiger partial charge in [0.25, 0.3) is 0 Å². The van der Waals surface area contributed by atoms with Crippen molar-refractivity contribution < 1.29 is 5.11 Å². The smallest absolute Gasteiger partial charge is 0.0319 e. The molecule has 0 saturated heterocycles. The van der Waals surface area contributed by atoms with E-state index in [2.05, 4.69) is 58.9 Å². The lowest BCUT2D eigenvalue weighted by molar-refractivity contribution is 0.399. The van der Waals surface area contributed by atoms with Crippen LogP contribution in [-0.2, 0) is 6.42 Å². The van der Waals surface area contributed by atoms with Gasteiger partial charge < -0.3 is 5.11 Å². The van der Waals surface area contributed by atoms with E-state index in [0.29, 0.717) is 5.92 Å². The minimum absolute atomic E-state index is 0.640. The molecule has 98 valence electrons. The molecule has 0 saturated carbocycles. The quantitative estimate of drug-likeness (QED) is 0.828. The largest absolute Gasteiger partial charge is 0.400 e. The third kappa shape index (κ3) is 5.88. The molecule has 0 bridgehead atoms. The number of aliphatic hydroxyl groups excluding tert-OH is 1. The van der Waals surface area contributed by atoms with E-state index in [0.717, 1.165) is 18.9 Å². The molecular formula is C16H28O. The molecule has 0 fully saturated rings. The Morgan fingerprint density at radius 1 is 0.882 bits per heavy atom. The number of aliphatic hydroxyl groups is 1. The predicted octanol–water partition coefficient (Wildman–Crippen LogP) is 4.25. The topological polar surface area (TPSA) is 20.2 Å². The summed E-state index contributed by atoms with van der Waals surface area (Å²) >= 11 is 0. The second-order valence-corrected chi connectivity index (χ2v) is 5.32. The van der Waals surface area contributed by atoms with Gasteiger partial charge in [-0.3, -0.25) is 0 Å². The van der Waals surface area contributed by atoms with Crippen molar-refractivity contribution in [3.63, 3.8) is 0 Å². The van der Waals surface area contributed by atoms with Gasteiger partial charge >= 0.3 is 0 Å². The molecule has 0 radical (unpaired) electrons. The average molecular weight is 236 g/mol. The summed E-state index contributed by atoms with van der Waals surface area (Å²) in [5.74, 6) is 2.19. The summed E-state index contributed by atoms with van der Waals surface area (Å²) in [6, 6.07) is 9.11. The van der Waals surface area contributed by atoms with Gasteiger partial charge in [0, 0.05) is 7.11 Å². The van der Waals surface area contributed by atoms with Crippen molar-refractivity contribution >= 4 is 0 Å². The molecule has 1 heteroatoms. The molecule has 0 aliphatic carbocycles. The lowest BCUT2D eigenvalue weighted by atomic mass is 9.90. The lowest BCUT2D eigenvalue weighted by Crippen LogP contribution is -2.07. The highest BCUT2D eigenvalue weighted by Gasteiger charge is 2.08. The van der Waals surface area contributed by atoms with Crippen LogP contribution in [0, 0.1) is 11.8 Å². The first-order chi connectivity index (χ1) is 8.00. The molecule has 1 atom stereocenters. The molecule has 0 amide bonds. The van der Waals surface area contributed by atoms with Gasteiger partial charge in [-0.2, -0.15) is 0 Å². The van der Waals surface area contributed by atoms with Gasteiger partial charge in [0.2, 0.25) is 0 Å². The normalized spacial score (nSPS) is 12.3. The van der Waals surface area contributed by atoms with Gasteiger partial charge in [-0.1, -0.05) is 58.9 Å².